The number of carboxylic acids is 1. The van der Waals surface area contributed by atoms with E-state index in [1.807, 2.05) is 6.07 Å². The molecule has 1 aromatic carbocycles. The van der Waals surface area contributed by atoms with E-state index in [-0.39, 0.29) is 18.4 Å². The summed E-state index contributed by atoms with van der Waals surface area (Å²) in [7, 11) is 1.55. The van der Waals surface area contributed by atoms with Crippen molar-refractivity contribution in [3.8, 4) is 5.75 Å². The topological polar surface area (TPSA) is 66.8 Å². The van der Waals surface area contributed by atoms with E-state index < -0.39 is 12.0 Å². The maximum Gasteiger partial charge on any atom is 0.326 e. The first-order chi connectivity index (χ1) is 10.4. The van der Waals surface area contributed by atoms with Crippen molar-refractivity contribution in [1.82, 2.24) is 4.90 Å². The first-order valence-corrected chi connectivity index (χ1v) is 7.68. The van der Waals surface area contributed by atoms with Crippen LogP contribution in [0.1, 0.15) is 31.7 Å². The zero-order chi connectivity index (χ0) is 16.3. The maximum absolute atomic E-state index is 12.4. The third kappa shape index (κ3) is 3.91. The molecule has 5 nitrogen and oxygen atoms in total. The molecular formula is C16H20ClNO4. The van der Waals surface area contributed by atoms with E-state index in [0.29, 0.717) is 17.2 Å². The first kappa shape index (κ1) is 16.6. The molecule has 0 bridgehead atoms. The second kappa shape index (κ2) is 7.01. The van der Waals surface area contributed by atoms with Crippen LogP contribution in [-0.4, -0.2) is 41.1 Å². The molecule has 1 aromatic rings. The number of ether oxygens (including phenoxy) is 1. The molecule has 1 aliphatic rings. The van der Waals surface area contributed by atoms with Crippen molar-refractivity contribution in [3.63, 3.8) is 0 Å². The Morgan fingerprint density at radius 2 is 2.14 bits per heavy atom. The average Bonchev–Trinajstić information content (AvgIpc) is 3.30. The van der Waals surface area contributed by atoms with Gasteiger partial charge in [-0.25, -0.2) is 4.79 Å². The summed E-state index contributed by atoms with van der Waals surface area (Å²) < 4.78 is 5.09. The van der Waals surface area contributed by atoms with Crippen molar-refractivity contribution in [2.45, 2.75) is 44.7 Å². The van der Waals surface area contributed by atoms with Gasteiger partial charge >= 0.3 is 5.97 Å². The second-order valence-electron chi connectivity index (χ2n) is 5.52. The van der Waals surface area contributed by atoms with E-state index in [4.69, 9.17) is 21.4 Å². The number of rotatable bonds is 7. The first-order valence-electron chi connectivity index (χ1n) is 7.30. The number of aryl methyl sites for hydroxylation is 1. The highest BCUT2D eigenvalue weighted by molar-refractivity contribution is 6.32. The molecular weight excluding hydrogens is 306 g/mol. The van der Waals surface area contributed by atoms with Crippen LogP contribution in [0.2, 0.25) is 5.02 Å². The molecule has 1 N–H and O–H groups in total. The zero-order valence-electron chi connectivity index (χ0n) is 12.7. The van der Waals surface area contributed by atoms with Gasteiger partial charge in [-0.15, -0.1) is 0 Å². The molecule has 1 aliphatic carbocycles. The van der Waals surface area contributed by atoms with Gasteiger partial charge in [0.2, 0.25) is 5.91 Å². The molecule has 1 saturated carbocycles. The molecule has 120 valence electrons. The van der Waals surface area contributed by atoms with Gasteiger partial charge < -0.3 is 14.7 Å². The molecule has 0 aromatic heterocycles. The van der Waals surface area contributed by atoms with Crippen LogP contribution < -0.4 is 4.74 Å². The van der Waals surface area contributed by atoms with Crippen molar-refractivity contribution in [2.24, 2.45) is 0 Å². The fourth-order valence-electron chi connectivity index (χ4n) is 2.45. The van der Waals surface area contributed by atoms with Crippen LogP contribution in [0, 0.1) is 0 Å². The predicted molar refractivity (Wildman–Crippen MR) is 83.3 cm³/mol. The Labute approximate surface area is 134 Å². The highest BCUT2D eigenvalue weighted by atomic mass is 35.5. The summed E-state index contributed by atoms with van der Waals surface area (Å²) in [6.07, 6.45) is 2.57. The van der Waals surface area contributed by atoms with E-state index >= 15 is 0 Å². The smallest absolute Gasteiger partial charge is 0.326 e. The van der Waals surface area contributed by atoms with E-state index in [9.17, 15) is 9.59 Å². The Balaban J connectivity index is 1.99. The summed E-state index contributed by atoms with van der Waals surface area (Å²) in [6.45, 7) is 1.56. The van der Waals surface area contributed by atoms with E-state index in [1.54, 1.807) is 26.2 Å². The zero-order valence-corrected chi connectivity index (χ0v) is 13.5. The Hall–Kier alpha value is -1.75. The van der Waals surface area contributed by atoms with Gasteiger partial charge in [-0.1, -0.05) is 17.7 Å². The normalized spacial score (nSPS) is 15.2. The van der Waals surface area contributed by atoms with Gasteiger partial charge in [0.1, 0.15) is 11.8 Å². The van der Waals surface area contributed by atoms with Crippen molar-refractivity contribution < 1.29 is 19.4 Å². The number of amides is 1. The quantitative estimate of drug-likeness (QED) is 0.837. The number of aliphatic carboxylic acids is 1. The summed E-state index contributed by atoms with van der Waals surface area (Å²) in [5.74, 6) is -0.493. The predicted octanol–water partition coefficient (Wildman–Crippen LogP) is 2.75. The molecule has 1 amide bonds. The van der Waals surface area contributed by atoms with E-state index in [2.05, 4.69) is 0 Å². The van der Waals surface area contributed by atoms with Crippen molar-refractivity contribution >= 4 is 23.5 Å². The van der Waals surface area contributed by atoms with Gasteiger partial charge in [-0.3, -0.25) is 4.79 Å². The van der Waals surface area contributed by atoms with Gasteiger partial charge in [0.05, 0.1) is 12.1 Å². The molecule has 0 radical (unpaired) electrons. The van der Waals surface area contributed by atoms with E-state index in [1.165, 1.54) is 4.90 Å². The number of carbonyl (C=O) groups is 2. The monoisotopic (exact) mass is 325 g/mol. The number of hydrogen-bond donors (Lipinski definition) is 1. The van der Waals surface area contributed by atoms with E-state index in [0.717, 1.165) is 18.4 Å². The number of nitrogens with zero attached hydrogens (tertiary/aromatic N) is 1. The number of benzene rings is 1. The molecule has 0 saturated heterocycles. The molecule has 1 fully saturated rings. The SMILES string of the molecule is COc1ccc(CCC(=O)N(C2CC2)C(C)C(=O)O)cc1Cl. The van der Waals surface area contributed by atoms with Gasteiger partial charge in [0, 0.05) is 12.5 Å². The molecule has 6 heteroatoms. The molecule has 0 aliphatic heterocycles. The van der Waals surface area contributed by atoms with Gasteiger partial charge in [-0.05, 0) is 43.9 Å². The number of hydrogen-bond acceptors (Lipinski definition) is 3. The summed E-state index contributed by atoms with van der Waals surface area (Å²) in [4.78, 5) is 25.0. The molecule has 1 atom stereocenters. The maximum atomic E-state index is 12.4. The lowest BCUT2D eigenvalue weighted by molar-refractivity contribution is -0.150. The summed E-state index contributed by atoms with van der Waals surface area (Å²) in [5.41, 5.74) is 0.929. The Bertz CT molecular complexity index is 571. The van der Waals surface area contributed by atoms with Crippen molar-refractivity contribution in [2.75, 3.05) is 7.11 Å². The van der Waals surface area contributed by atoms with Crippen molar-refractivity contribution in [1.29, 1.82) is 0 Å². The van der Waals surface area contributed by atoms with Crippen LogP contribution in [0.4, 0.5) is 0 Å². The summed E-state index contributed by atoms with van der Waals surface area (Å²) >= 11 is 6.06. The van der Waals surface area contributed by atoms with Crippen LogP contribution in [0.25, 0.3) is 0 Å². The molecule has 0 spiro atoms. The molecule has 1 unspecified atom stereocenters. The number of halogens is 1. The number of carbonyl (C=O) groups excluding carboxylic acids is 1. The van der Waals surface area contributed by atoms with Gasteiger partial charge in [0.15, 0.2) is 0 Å². The number of methoxy groups -OCH3 is 1. The lowest BCUT2D eigenvalue weighted by Crippen LogP contribution is -2.44. The summed E-state index contributed by atoms with van der Waals surface area (Å²) in [5, 5.41) is 9.64. The minimum Gasteiger partial charge on any atom is -0.495 e. The molecule has 2 rings (SSSR count). The largest absolute Gasteiger partial charge is 0.495 e. The van der Waals surface area contributed by atoms with Crippen molar-refractivity contribution in [3.05, 3.63) is 28.8 Å². The lowest BCUT2D eigenvalue weighted by atomic mass is 10.1. The van der Waals surface area contributed by atoms with Crippen LogP contribution in [0.3, 0.4) is 0 Å². The third-order valence-corrected chi connectivity index (χ3v) is 4.14. The summed E-state index contributed by atoms with van der Waals surface area (Å²) in [6, 6.07) is 4.70. The highest BCUT2D eigenvalue weighted by Gasteiger charge is 2.37. The standard InChI is InChI=1S/C16H20ClNO4/c1-10(16(20)21)18(12-5-6-12)15(19)8-4-11-3-7-14(22-2)13(17)9-11/h3,7,9-10,12H,4-6,8H2,1-2H3,(H,20,21). The minimum atomic E-state index is -0.965. The number of carboxylic acid groups (broad SMARTS) is 1. The minimum absolute atomic E-state index is 0.0815. The Morgan fingerprint density at radius 3 is 2.64 bits per heavy atom. The third-order valence-electron chi connectivity index (χ3n) is 3.85. The van der Waals surface area contributed by atoms with Crippen LogP contribution in [0.5, 0.6) is 5.75 Å². The fraction of sp³-hybridized carbons (Fsp3) is 0.500. The van der Waals surface area contributed by atoms with Crippen LogP contribution >= 0.6 is 11.6 Å². The molecule has 0 heterocycles. The second-order valence-corrected chi connectivity index (χ2v) is 5.92. The lowest BCUT2D eigenvalue weighted by Gasteiger charge is -2.26. The highest BCUT2D eigenvalue weighted by Crippen LogP contribution is 2.30. The molecule has 22 heavy (non-hydrogen) atoms. The Morgan fingerprint density at radius 1 is 1.45 bits per heavy atom. The average molecular weight is 326 g/mol. The van der Waals surface area contributed by atoms with Crippen LogP contribution in [-0.2, 0) is 16.0 Å². The van der Waals surface area contributed by atoms with Crippen LogP contribution in [0.15, 0.2) is 18.2 Å². The van der Waals surface area contributed by atoms with Gasteiger partial charge in [-0.2, -0.15) is 0 Å². The van der Waals surface area contributed by atoms with Gasteiger partial charge in [0.25, 0.3) is 0 Å². The Kier molecular flexibility index (Phi) is 5.29. The fourth-order valence-corrected chi connectivity index (χ4v) is 2.73.